The van der Waals surface area contributed by atoms with E-state index in [1.54, 1.807) is 25.1 Å². The number of nitrogens with one attached hydrogen (secondary N) is 1. The molecule has 1 heterocycles. The predicted octanol–water partition coefficient (Wildman–Crippen LogP) is 3.34. The Hall–Kier alpha value is -1.72. The van der Waals surface area contributed by atoms with Crippen molar-refractivity contribution >= 4 is 17.7 Å². The van der Waals surface area contributed by atoms with Crippen LogP contribution in [0.15, 0.2) is 52.0 Å². The lowest BCUT2D eigenvalue weighted by Crippen LogP contribution is -2.25. The molecule has 0 aliphatic heterocycles. The first kappa shape index (κ1) is 15.7. The zero-order valence-electron chi connectivity index (χ0n) is 12.0. The molecule has 21 heavy (non-hydrogen) atoms. The van der Waals surface area contributed by atoms with Crippen LogP contribution < -0.4 is 5.32 Å². The van der Waals surface area contributed by atoms with E-state index in [9.17, 15) is 4.79 Å². The number of methoxy groups -OCH3 is 1. The summed E-state index contributed by atoms with van der Waals surface area (Å²) in [5, 5.41) is 2.91. The molecule has 0 atom stereocenters. The average molecular weight is 305 g/mol. The van der Waals surface area contributed by atoms with Crippen molar-refractivity contribution in [3.63, 3.8) is 0 Å². The van der Waals surface area contributed by atoms with Crippen LogP contribution in [0.2, 0.25) is 0 Å². The van der Waals surface area contributed by atoms with Gasteiger partial charge in [-0.3, -0.25) is 4.79 Å². The van der Waals surface area contributed by atoms with Gasteiger partial charge < -0.3 is 14.5 Å². The lowest BCUT2D eigenvalue weighted by Gasteiger charge is -2.09. The van der Waals surface area contributed by atoms with Crippen molar-refractivity contribution in [2.45, 2.75) is 17.1 Å². The van der Waals surface area contributed by atoms with Crippen LogP contribution in [0.3, 0.4) is 0 Å². The molecular formula is C16H19NO3S. The van der Waals surface area contributed by atoms with Gasteiger partial charge in [-0.2, -0.15) is 0 Å². The summed E-state index contributed by atoms with van der Waals surface area (Å²) >= 11 is 1.60. The second-order valence-electron chi connectivity index (χ2n) is 4.47. The summed E-state index contributed by atoms with van der Waals surface area (Å²) in [6, 6.07) is 11.4. The van der Waals surface area contributed by atoms with Crippen molar-refractivity contribution in [3.8, 4) is 0 Å². The zero-order valence-corrected chi connectivity index (χ0v) is 12.8. The number of carbonyl (C=O) groups is 1. The fourth-order valence-corrected chi connectivity index (χ4v) is 2.79. The molecule has 0 spiro atoms. The van der Waals surface area contributed by atoms with Crippen LogP contribution in [0.1, 0.15) is 22.5 Å². The van der Waals surface area contributed by atoms with Crippen LogP contribution in [0.5, 0.6) is 0 Å². The highest BCUT2D eigenvalue weighted by Crippen LogP contribution is 2.26. The van der Waals surface area contributed by atoms with Gasteiger partial charge in [0, 0.05) is 25.2 Å². The van der Waals surface area contributed by atoms with Crippen molar-refractivity contribution in [2.24, 2.45) is 0 Å². The largest absolute Gasteiger partial charge is 0.468 e. The maximum Gasteiger partial charge on any atom is 0.252 e. The summed E-state index contributed by atoms with van der Waals surface area (Å²) in [6.07, 6.45) is 2.47. The van der Waals surface area contributed by atoms with Crippen LogP contribution in [0.4, 0.5) is 0 Å². The third-order valence-corrected chi connectivity index (χ3v) is 3.99. The molecule has 0 bridgehead atoms. The standard InChI is InChI=1S/C16H19NO3S/c1-19-10-5-9-17-16(18)14-7-2-3-8-15(14)21-12-13-6-4-11-20-13/h2-4,6-8,11H,5,9-10,12H2,1H3,(H,17,18). The van der Waals surface area contributed by atoms with Crippen LogP contribution >= 0.6 is 11.8 Å². The van der Waals surface area contributed by atoms with E-state index in [0.29, 0.717) is 24.5 Å². The Morgan fingerprint density at radius 3 is 2.90 bits per heavy atom. The van der Waals surface area contributed by atoms with Crippen LogP contribution in [-0.2, 0) is 10.5 Å². The maximum atomic E-state index is 12.2. The molecule has 1 amide bonds. The third kappa shape index (κ3) is 4.95. The van der Waals surface area contributed by atoms with Gasteiger partial charge in [-0.15, -0.1) is 11.8 Å². The molecule has 5 heteroatoms. The van der Waals surface area contributed by atoms with E-state index in [0.717, 1.165) is 17.1 Å². The van der Waals surface area contributed by atoms with Gasteiger partial charge >= 0.3 is 0 Å². The maximum absolute atomic E-state index is 12.2. The van der Waals surface area contributed by atoms with Gasteiger partial charge in [0.25, 0.3) is 5.91 Å². The zero-order chi connectivity index (χ0) is 14.9. The molecule has 1 N–H and O–H groups in total. The first-order valence-corrected chi connectivity index (χ1v) is 7.81. The summed E-state index contributed by atoms with van der Waals surface area (Å²) in [4.78, 5) is 13.2. The highest BCUT2D eigenvalue weighted by Gasteiger charge is 2.11. The molecule has 0 saturated carbocycles. The van der Waals surface area contributed by atoms with Crippen molar-refractivity contribution in [2.75, 3.05) is 20.3 Å². The molecule has 0 radical (unpaired) electrons. The number of amides is 1. The molecular weight excluding hydrogens is 286 g/mol. The van der Waals surface area contributed by atoms with Gasteiger partial charge in [-0.1, -0.05) is 12.1 Å². The summed E-state index contributed by atoms with van der Waals surface area (Å²) in [5.74, 6) is 1.56. The van der Waals surface area contributed by atoms with E-state index in [-0.39, 0.29) is 5.91 Å². The number of ether oxygens (including phenoxy) is 1. The van der Waals surface area contributed by atoms with Crippen LogP contribution in [0.25, 0.3) is 0 Å². The van der Waals surface area contributed by atoms with Crippen molar-refractivity contribution in [3.05, 3.63) is 54.0 Å². The van der Waals surface area contributed by atoms with E-state index in [1.165, 1.54) is 0 Å². The predicted molar refractivity (Wildman–Crippen MR) is 83.5 cm³/mol. The minimum Gasteiger partial charge on any atom is -0.468 e. The summed E-state index contributed by atoms with van der Waals surface area (Å²) in [5.41, 5.74) is 0.700. The molecule has 0 unspecified atom stereocenters. The van der Waals surface area contributed by atoms with E-state index >= 15 is 0 Å². The lowest BCUT2D eigenvalue weighted by molar-refractivity contribution is 0.0945. The minimum absolute atomic E-state index is 0.0475. The lowest BCUT2D eigenvalue weighted by atomic mass is 10.2. The number of furan rings is 1. The highest BCUT2D eigenvalue weighted by molar-refractivity contribution is 7.98. The number of benzene rings is 1. The Kier molecular flexibility index (Phi) is 6.37. The first-order chi connectivity index (χ1) is 10.3. The highest BCUT2D eigenvalue weighted by atomic mass is 32.2. The Morgan fingerprint density at radius 1 is 1.29 bits per heavy atom. The topological polar surface area (TPSA) is 51.5 Å². The van der Waals surface area contributed by atoms with Gasteiger partial charge in [0.1, 0.15) is 5.76 Å². The Balaban J connectivity index is 1.94. The van der Waals surface area contributed by atoms with E-state index < -0.39 is 0 Å². The third-order valence-electron chi connectivity index (χ3n) is 2.89. The van der Waals surface area contributed by atoms with Crippen molar-refractivity contribution in [1.29, 1.82) is 0 Å². The smallest absolute Gasteiger partial charge is 0.252 e. The molecule has 1 aromatic carbocycles. The van der Waals surface area contributed by atoms with Gasteiger partial charge in [0.15, 0.2) is 0 Å². The van der Waals surface area contributed by atoms with E-state index in [2.05, 4.69) is 5.32 Å². The molecule has 1 aromatic heterocycles. The second kappa shape index (κ2) is 8.54. The summed E-state index contributed by atoms with van der Waals surface area (Å²) < 4.78 is 10.3. The number of thioether (sulfide) groups is 1. The quantitative estimate of drug-likeness (QED) is 0.600. The van der Waals surface area contributed by atoms with E-state index in [4.69, 9.17) is 9.15 Å². The summed E-state index contributed by atoms with van der Waals surface area (Å²) in [7, 11) is 1.66. The number of hydrogen-bond acceptors (Lipinski definition) is 4. The van der Waals surface area contributed by atoms with E-state index in [1.807, 2.05) is 36.4 Å². The molecule has 112 valence electrons. The fraction of sp³-hybridized carbons (Fsp3) is 0.312. The van der Waals surface area contributed by atoms with Crippen LogP contribution in [0, 0.1) is 0 Å². The summed E-state index contributed by atoms with van der Waals surface area (Å²) in [6.45, 7) is 1.26. The Morgan fingerprint density at radius 2 is 2.14 bits per heavy atom. The molecule has 2 rings (SSSR count). The van der Waals surface area contributed by atoms with Crippen LogP contribution in [-0.4, -0.2) is 26.2 Å². The minimum atomic E-state index is -0.0475. The Bertz CT molecular complexity index is 554. The van der Waals surface area contributed by atoms with Crippen molar-refractivity contribution < 1.29 is 13.9 Å². The van der Waals surface area contributed by atoms with Gasteiger partial charge in [0.2, 0.25) is 0 Å². The number of rotatable bonds is 8. The van der Waals surface area contributed by atoms with Gasteiger partial charge in [-0.25, -0.2) is 0 Å². The van der Waals surface area contributed by atoms with Gasteiger partial charge in [-0.05, 0) is 30.7 Å². The molecule has 0 aliphatic rings. The number of carbonyl (C=O) groups excluding carboxylic acids is 1. The normalized spacial score (nSPS) is 10.5. The van der Waals surface area contributed by atoms with Crippen molar-refractivity contribution in [1.82, 2.24) is 5.32 Å². The fourth-order valence-electron chi connectivity index (χ4n) is 1.84. The Labute approximate surface area is 128 Å². The molecule has 0 fully saturated rings. The average Bonchev–Trinajstić information content (AvgIpc) is 3.03. The number of hydrogen-bond donors (Lipinski definition) is 1. The molecule has 0 aliphatic carbocycles. The molecule has 4 nitrogen and oxygen atoms in total. The molecule has 2 aromatic rings. The first-order valence-electron chi connectivity index (χ1n) is 6.82. The molecule has 0 saturated heterocycles. The van der Waals surface area contributed by atoms with Gasteiger partial charge in [0.05, 0.1) is 17.6 Å². The SMILES string of the molecule is COCCCNC(=O)c1ccccc1SCc1ccco1. The monoisotopic (exact) mass is 305 g/mol. The second-order valence-corrected chi connectivity index (χ2v) is 5.48.